The summed E-state index contributed by atoms with van der Waals surface area (Å²) in [5.74, 6) is -0.181. The number of aryl methyl sites for hydroxylation is 1. The number of Topliss-reactive ketones (excluding diaryl/α,β-unsaturated/α-hetero) is 1. The Hall–Kier alpha value is -1.12. The minimum absolute atomic E-state index is 0.181. The van der Waals surface area contributed by atoms with Crippen molar-refractivity contribution in [1.29, 1.82) is 0 Å². The average Bonchev–Trinajstić information content (AvgIpc) is 2.34. The Bertz CT molecular complexity index is 240. The van der Waals surface area contributed by atoms with Gasteiger partial charge in [0.25, 0.3) is 0 Å². The lowest BCUT2D eigenvalue weighted by molar-refractivity contribution is 0.104. The second kappa shape index (κ2) is 2.64. The van der Waals surface area contributed by atoms with Crippen molar-refractivity contribution in [2.45, 2.75) is 13.5 Å². The van der Waals surface area contributed by atoms with Crippen molar-refractivity contribution in [2.75, 3.05) is 0 Å². The van der Waals surface area contributed by atoms with Crippen molar-refractivity contribution in [3.05, 3.63) is 24.9 Å². The molecule has 0 aliphatic carbocycles. The molecule has 1 heterocycles. The highest BCUT2D eigenvalue weighted by atomic mass is 16.1. The van der Waals surface area contributed by atoms with Gasteiger partial charge < -0.3 is 0 Å². The molecule has 1 aromatic rings. The molecule has 3 nitrogen and oxygen atoms in total. The summed E-state index contributed by atoms with van der Waals surface area (Å²) in [6.07, 6.45) is 3.22. The quantitative estimate of drug-likeness (QED) is 0.568. The van der Waals surface area contributed by atoms with Gasteiger partial charge >= 0.3 is 0 Å². The van der Waals surface area contributed by atoms with Crippen LogP contribution in [0.4, 0.5) is 0 Å². The smallest absolute Gasteiger partial charge is 0.166 e. The van der Waals surface area contributed by atoms with Crippen LogP contribution in [0.2, 0.25) is 0 Å². The van der Waals surface area contributed by atoms with E-state index >= 15 is 0 Å². The van der Waals surface area contributed by atoms with Crippen molar-refractivity contribution < 1.29 is 4.79 Å². The summed E-state index contributed by atoms with van der Waals surface area (Å²) in [6, 6.07) is 0. The van der Waals surface area contributed by atoms with Gasteiger partial charge in [-0.05, 0) is 6.92 Å². The first-order valence-electron chi connectivity index (χ1n) is 3.12. The second-order valence-electron chi connectivity index (χ2n) is 2.01. The number of rotatable bonds is 2. The van der Waals surface area contributed by atoms with Gasteiger partial charge in [0.2, 0.25) is 0 Å². The first-order chi connectivity index (χ1) is 4.74. The molecule has 0 bridgehead atoms. The molecule has 0 unspecified atom stereocenters. The van der Waals surface area contributed by atoms with Crippen LogP contribution in [-0.2, 0) is 6.54 Å². The van der Waals surface area contributed by atoms with Crippen molar-refractivity contribution >= 4 is 5.78 Å². The van der Waals surface area contributed by atoms with Crippen LogP contribution in [-0.4, -0.2) is 15.6 Å². The molecule has 1 radical (unpaired) electrons. The Morgan fingerprint density at radius 1 is 1.90 bits per heavy atom. The SMILES string of the molecule is [CH2]C(=O)c1cnn(CC)c1. The Morgan fingerprint density at radius 3 is 2.90 bits per heavy atom. The summed E-state index contributed by atoms with van der Waals surface area (Å²) in [7, 11) is 0. The number of carbonyl (C=O) groups excluding carboxylic acids is 1. The predicted octanol–water partition coefficient (Wildman–Crippen LogP) is 0.920. The summed E-state index contributed by atoms with van der Waals surface area (Å²) >= 11 is 0. The average molecular weight is 137 g/mol. The monoisotopic (exact) mass is 137 g/mol. The molecular weight excluding hydrogens is 128 g/mol. The molecule has 0 saturated heterocycles. The molecule has 0 atom stereocenters. The Kier molecular flexibility index (Phi) is 1.85. The minimum Gasteiger partial charge on any atom is -0.294 e. The maximum atomic E-state index is 10.6. The number of carbonyl (C=O) groups is 1. The van der Waals surface area contributed by atoms with Gasteiger partial charge in [-0.15, -0.1) is 0 Å². The molecule has 0 amide bonds. The molecule has 53 valence electrons. The predicted molar refractivity (Wildman–Crippen MR) is 37.6 cm³/mol. The third-order valence-corrected chi connectivity index (χ3v) is 1.28. The fraction of sp³-hybridized carbons (Fsp3) is 0.286. The van der Waals surface area contributed by atoms with Crippen molar-refractivity contribution in [1.82, 2.24) is 9.78 Å². The lowest BCUT2D eigenvalue weighted by Gasteiger charge is -1.89. The lowest BCUT2D eigenvalue weighted by atomic mass is 10.3. The minimum atomic E-state index is -0.181. The zero-order valence-corrected chi connectivity index (χ0v) is 5.87. The van der Waals surface area contributed by atoms with E-state index < -0.39 is 0 Å². The standard InChI is InChI=1S/C7H9N2O/c1-3-9-5-7(4-8-9)6(2)10/h4-5H,2-3H2,1H3. The molecule has 1 aromatic heterocycles. The van der Waals surface area contributed by atoms with Crippen molar-refractivity contribution in [3.8, 4) is 0 Å². The van der Waals surface area contributed by atoms with Crippen LogP contribution < -0.4 is 0 Å². The van der Waals surface area contributed by atoms with Crippen molar-refractivity contribution in [2.24, 2.45) is 0 Å². The van der Waals surface area contributed by atoms with Gasteiger partial charge in [0.15, 0.2) is 5.78 Å². The second-order valence-corrected chi connectivity index (χ2v) is 2.01. The van der Waals surface area contributed by atoms with Crippen LogP contribution in [0.25, 0.3) is 0 Å². The molecule has 1 rings (SSSR count). The summed E-state index contributed by atoms with van der Waals surface area (Å²) in [5, 5.41) is 3.91. The number of hydrogen-bond acceptors (Lipinski definition) is 2. The number of ketones is 1. The third-order valence-electron chi connectivity index (χ3n) is 1.28. The maximum absolute atomic E-state index is 10.6. The molecule has 0 N–H and O–H groups in total. The van der Waals surface area contributed by atoms with Crippen LogP contribution in [0.5, 0.6) is 0 Å². The highest BCUT2D eigenvalue weighted by Crippen LogP contribution is 1.97. The maximum Gasteiger partial charge on any atom is 0.166 e. The van der Waals surface area contributed by atoms with Gasteiger partial charge in [0.1, 0.15) is 0 Å². The molecule has 0 saturated carbocycles. The first kappa shape index (κ1) is 6.99. The van der Waals surface area contributed by atoms with E-state index in [0.29, 0.717) is 5.56 Å². The van der Waals surface area contributed by atoms with Crippen LogP contribution in [0.1, 0.15) is 17.3 Å². The zero-order valence-electron chi connectivity index (χ0n) is 5.87. The number of nitrogens with zero attached hydrogens (tertiary/aromatic N) is 2. The molecular formula is C7H9N2O. The summed E-state index contributed by atoms with van der Waals surface area (Å²) < 4.78 is 1.69. The van der Waals surface area contributed by atoms with Gasteiger partial charge in [-0.3, -0.25) is 9.48 Å². The van der Waals surface area contributed by atoms with Crippen molar-refractivity contribution in [3.63, 3.8) is 0 Å². The van der Waals surface area contributed by atoms with Crippen LogP contribution >= 0.6 is 0 Å². The highest BCUT2D eigenvalue weighted by Gasteiger charge is 2.00. The molecule has 0 aromatic carbocycles. The molecule has 0 fully saturated rings. The Morgan fingerprint density at radius 2 is 2.60 bits per heavy atom. The largest absolute Gasteiger partial charge is 0.294 e. The van der Waals surface area contributed by atoms with E-state index in [9.17, 15) is 4.79 Å². The normalized spacial score (nSPS) is 9.80. The first-order valence-corrected chi connectivity index (χ1v) is 3.12. The number of aromatic nitrogens is 2. The van der Waals surface area contributed by atoms with E-state index in [-0.39, 0.29) is 5.78 Å². The topological polar surface area (TPSA) is 34.9 Å². The molecule has 0 spiro atoms. The van der Waals surface area contributed by atoms with E-state index in [2.05, 4.69) is 12.0 Å². The molecule has 0 aliphatic rings. The Balaban J connectivity index is 2.88. The fourth-order valence-corrected chi connectivity index (χ4v) is 0.681. The fourth-order valence-electron chi connectivity index (χ4n) is 0.681. The van der Waals surface area contributed by atoms with Gasteiger partial charge in [-0.1, -0.05) is 0 Å². The van der Waals surface area contributed by atoms with Gasteiger partial charge in [-0.25, -0.2) is 0 Å². The zero-order chi connectivity index (χ0) is 7.56. The third kappa shape index (κ3) is 1.23. The van der Waals surface area contributed by atoms with Gasteiger partial charge in [0.05, 0.1) is 11.8 Å². The van der Waals surface area contributed by atoms with Gasteiger partial charge in [0, 0.05) is 19.7 Å². The summed E-state index contributed by atoms with van der Waals surface area (Å²) in [6.45, 7) is 6.01. The van der Waals surface area contributed by atoms with E-state index in [1.54, 1.807) is 10.9 Å². The summed E-state index contributed by atoms with van der Waals surface area (Å²) in [5.41, 5.74) is 0.571. The van der Waals surface area contributed by atoms with Crippen LogP contribution in [0.15, 0.2) is 12.4 Å². The molecule has 10 heavy (non-hydrogen) atoms. The van der Waals surface area contributed by atoms with Gasteiger partial charge in [-0.2, -0.15) is 5.10 Å². The van der Waals surface area contributed by atoms with E-state index in [1.807, 2.05) is 6.92 Å². The van der Waals surface area contributed by atoms with Crippen LogP contribution in [0, 0.1) is 6.92 Å². The van der Waals surface area contributed by atoms with Crippen LogP contribution in [0.3, 0.4) is 0 Å². The van der Waals surface area contributed by atoms with E-state index in [0.717, 1.165) is 6.54 Å². The molecule has 3 heteroatoms. The molecule has 0 aliphatic heterocycles. The highest BCUT2D eigenvalue weighted by molar-refractivity contribution is 5.98. The summed E-state index contributed by atoms with van der Waals surface area (Å²) in [4.78, 5) is 10.6. The Labute approximate surface area is 59.7 Å². The lowest BCUT2D eigenvalue weighted by Crippen LogP contribution is -1.93. The van der Waals surface area contributed by atoms with E-state index in [1.165, 1.54) is 6.20 Å². The number of hydrogen-bond donors (Lipinski definition) is 0. The van der Waals surface area contributed by atoms with E-state index in [4.69, 9.17) is 0 Å².